The van der Waals surface area contributed by atoms with E-state index in [9.17, 15) is 14.4 Å². The van der Waals surface area contributed by atoms with Crippen molar-refractivity contribution in [2.75, 3.05) is 12.4 Å². The molecule has 1 aromatic heterocycles. The molecule has 1 heterocycles. The summed E-state index contributed by atoms with van der Waals surface area (Å²) in [7, 11) is -0.964. The number of amidine groups is 1. The Balaban J connectivity index is 2.02. The van der Waals surface area contributed by atoms with Crippen molar-refractivity contribution in [2.24, 2.45) is 12.0 Å². The average Bonchev–Trinajstić information content (AvgIpc) is 2.98. The smallest absolute Gasteiger partial charge is 0.356 e. The van der Waals surface area contributed by atoms with E-state index < -0.39 is 7.60 Å². The number of methoxy groups -OCH3 is 1. The second kappa shape index (κ2) is 7.15. The first-order chi connectivity index (χ1) is 12.7. The Morgan fingerprint density at radius 2 is 2.04 bits per heavy atom. The van der Waals surface area contributed by atoms with Gasteiger partial charge in [0.15, 0.2) is 0 Å². The van der Waals surface area contributed by atoms with Crippen LogP contribution in [-0.4, -0.2) is 32.3 Å². The van der Waals surface area contributed by atoms with Crippen LogP contribution >= 0.6 is 7.60 Å². The Kier molecular flexibility index (Phi) is 5.06. The van der Waals surface area contributed by atoms with Gasteiger partial charge in [-0.25, -0.2) is 9.98 Å². The molecule has 3 rings (SSSR count). The van der Waals surface area contributed by atoms with Crippen molar-refractivity contribution in [1.82, 2.24) is 9.55 Å². The lowest BCUT2D eigenvalue weighted by atomic mass is 10.1. The fourth-order valence-electron chi connectivity index (χ4n) is 2.79. The summed E-state index contributed by atoms with van der Waals surface area (Å²) in [4.78, 5) is 27.9. The van der Waals surface area contributed by atoms with Crippen LogP contribution < -0.4 is 15.4 Å². The zero-order valence-corrected chi connectivity index (χ0v) is 16.4. The summed E-state index contributed by atoms with van der Waals surface area (Å²) in [5, 5.41) is 2.97. The molecule has 0 atom stereocenters. The van der Waals surface area contributed by atoms with Gasteiger partial charge in [0.1, 0.15) is 17.1 Å². The number of benzene rings is 2. The first kappa shape index (κ1) is 19.1. The second-order valence-corrected chi connectivity index (χ2v) is 7.81. The molecule has 3 N–H and O–H groups in total. The van der Waals surface area contributed by atoms with E-state index in [2.05, 4.69) is 15.3 Å². The van der Waals surface area contributed by atoms with E-state index >= 15 is 0 Å². The molecule has 0 fully saturated rings. The maximum atomic E-state index is 11.5. The number of rotatable bonds is 4. The first-order valence-corrected chi connectivity index (χ1v) is 9.79. The van der Waals surface area contributed by atoms with Gasteiger partial charge >= 0.3 is 7.60 Å². The van der Waals surface area contributed by atoms with Gasteiger partial charge in [-0.05, 0) is 43.7 Å². The fourth-order valence-corrected chi connectivity index (χ4v) is 3.36. The summed E-state index contributed by atoms with van der Waals surface area (Å²) in [5.74, 6) is 0.993. The highest BCUT2D eigenvalue weighted by atomic mass is 31.2. The third-order valence-electron chi connectivity index (χ3n) is 4.19. The number of imidazole rings is 1. The highest BCUT2D eigenvalue weighted by Gasteiger charge is 2.19. The Morgan fingerprint density at radius 3 is 2.70 bits per heavy atom. The van der Waals surface area contributed by atoms with Crippen LogP contribution in [0.15, 0.2) is 41.7 Å². The van der Waals surface area contributed by atoms with Gasteiger partial charge < -0.3 is 24.4 Å². The number of fused-ring (bicyclic) bond motifs is 1. The number of aryl methyl sites for hydroxylation is 2. The first-order valence-electron chi connectivity index (χ1n) is 8.18. The number of anilines is 1. The van der Waals surface area contributed by atoms with Crippen molar-refractivity contribution in [3.8, 4) is 5.75 Å². The second-order valence-electron chi connectivity index (χ2n) is 6.21. The third kappa shape index (κ3) is 3.88. The van der Waals surface area contributed by atoms with Crippen LogP contribution in [0.1, 0.15) is 12.5 Å². The highest BCUT2D eigenvalue weighted by molar-refractivity contribution is 7.60. The average molecular weight is 388 g/mol. The molecular weight excluding hydrogens is 367 g/mol. The molecule has 3 aromatic rings. The summed E-state index contributed by atoms with van der Waals surface area (Å²) in [5.41, 5.74) is 3.88. The Morgan fingerprint density at radius 1 is 1.30 bits per heavy atom. The summed E-state index contributed by atoms with van der Waals surface area (Å²) < 4.78 is 18.7. The van der Waals surface area contributed by atoms with Gasteiger partial charge in [-0.2, -0.15) is 0 Å². The third-order valence-corrected chi connectivity index (χ3v) is 5.14. The highest BCUT2D eigenvalue weighted by Crippen LogP contribution is 2.36. The molecule has 8 nitrogen and oxygen atoms in total. The molecule has 0 saturated heterocycles. The van der Waals surface area contributed by atoms with E-state index in [1.165, 1.54) is 25.3 Å². The molecule has 142 valence electrons. The van der Waals surface area contributed by atoms with Gasteiger partial charge in [0, 0.05) is 7.05 Å². The Hall–Kier alpha value is -2.67. The van der Waals surface area contributed by atoms with Crippen LogP contribution in [0.5, 0.6) is 5.75 Å². The SMILES string of the molecule is COc1ccc(P(=O)(O)O)cc1NC(C)=Nc1c(C)ccc2c1ncn2C. The molecule has 27 heavy (non-hydrogen) atoms. The van der Waals surface area contributed by atoms with Gasteiger partial charge in [-0.1, -0.05) is 6.07 Å². The van der Waals surface area contributed by atoms with Gasteiger partial charge in [-0.15, -0.1) is 0 Å². The van der Waals surface area contributed by atoms with E-state index in [-0.39, 0.29) is 5.30 Å². The van der Waals surface area contributed by atoms with E-state index in [0.717, 1.165) is 22.3 Å². The van der Waals surface area contributed by atoms with Crippen molar-refractivity contribution < 1.29 is 19.1 Å². The molecule has 0 amide bonds. The monoisotopic (exact) mass is 388 g/mol. The summed E-state index contributed by atoms with van der Waals surface area (Å²) >= 11 is 0. The zero-order chi connectivity index (χ0) is 19.8. The summed E-state index contributed by atoms with van der Waals surface area (Å²) in [6, 6.07) is 8.19. The molecule has 0 unspecified atom stereocenters. The number of nitrogens with one attached hydrogen (secondary N) is 1. The van der Waals surface area contributed by atoms with E-state index in [4.69, 9.17) is 4.74 Å². The molecule has 0 radical (unpaired) electrons. The van der Waals surface area contributed by atoms with Gasteiger partial charge in [0.25, 0.3) is 0 Å². The predicted octanol–water partition coefficient (Wildman–Crippen LogP) is 2.86. The van der Waals surface area contributed by atoms with Crippen LogP contribution in [0.25, 0.3) is 11.0 Å². The molecule has 2 aromatic carbocycles. The maximum Gasteiger partial charge on any atom is 0.356 e. The number of ether oxygens (including phenoxy) is 1. The minimum Gasteiger partial charge on any atom is -0.495 e. The van der Waals surface area contributed by atoms with Crippen molar-refractivity contribution >= 4 is 41.1 Å². The van der Waals surface area contributed by atoms with Crippen molar-refractivity contribution in [3.05, 3.63) is 42.2 Å². The Bertz CT molecular complexity index is 1080. The van der Waals surface area contributed by atoms with Crippen LogP contribution in [0.3, 0.4) is 0 Å². The standard InChI is InChI=1S/C18H21N4O4P/c1-11-5-7-15-18(19-10-22(15)3)17(11)21-12(2)20-14-9-13(27(23,24)25)6-8-16(14)26-4/h5-10H,1-4H3,(H,20,21)(H2,23,24,25). The van der Waals surface area contributed by atoms with Crippen LogP contribution in [0.4, 0.5) is 11.4 Å². The van der Waals surface area contributed by atoms with Crippen molar-refractivity contribution in [1.29, 1.82) is 0 Å². The normalized spacial score (nSPS) is 12.4. The molecule has 9 heteroatoms. The molecular formula is C18H21N4O4P. The van der Waals surface area contributed by atoms with E-state index in [0.29, 0.717) is 17.3 Å². The van der Waals surface area contributed by atoms with Crippen molar-refractivity contribution in [3.63, 3.8) is 0 Å². The lowest BCUT2D eigenvalue weighted by Gasteiger charge is -2.14. The van der Waals surface area contributed by atoms with Crippen LogP contribution in [-0.2, 0) is 11.6 Å². The van der Waals surface area contributed by atoms with Gasteiger partial charge in [-0.3, -0.25) is 4.57 Å². The maximum absolute atomic E-state index is 11.5. The fraction of sp³-hybridized carbons (Fsp3) is 0.222. The number of aliphatic imine (C=N–C) groups is 1. The minimum absolute atomic E-state index is 0.0957. The Labute approximate surface area is 156 Å². The molecule has 0 bridgehead atoms. The molecule has 0 saturated carbocycles. The molecule has 0 aliphatic carbocycles. The summed E-state index contributed by atoms with van der Waals surface area (Å²) in [6.45, 7) is 3.72. The lowest BCUT2D eigenvalue weighted by Crippen LogP contribution is -2.12. The number of aromatic nitrogens is 2. The summed E-state index contributed by atoms with van der Waals surface area (Å²) in [6.07, 6.45) is 1.73. The molecule has 0 aliphatic rings. The number of hydrogen-bond acceptors (Lipinski definition) is 4. The molecule has 0 aliphatic heterocycles. The van der Waals surface area contributed by atoms with Gasteiger partial charge in [0.05, 0.1) is 35.6 Å². The predicted molar refractivity (Wildman–Crippen MR) is 107 cm³/mol. The zero-order valence-electron chi connectivity index (χ0n) is 15.5. The minimum atomic E-state index is -4.37. The number of nitrogens with zero attached hydrogens (tertiary/aromatic N) is 3. The lowest BCUT2D eigenvalue weighted by molar-refractivity contribution is 0.387. The van der Waals surface area contributed by atoms with E-state index in [1.54, 1.807) is 13.3 Å². The molecule has 0 spiro atoms. The number of hydrogen-bond donors (Lipinski definition) is 3. The topological polar surface area (TPSA) is 109 Å². The largest absolute Gasteiger partial charge is 0.495 e. The van der Waals surface area contributed by atoms with Crippen LogP contribution in [0, 0.1) is 6.92 Å². The van der Waals surface area contributed by atoms with Crippen LogP contribution in [0.2, 0.25) is 0 Å². The quantitative estimate of drug-likeness (QED) is 0.360. The van der Waals surface area contributed by atoms with E-state index in [1.807, 2.05) is 30.7 Å². The van der Waals surface area contributed by atoms with Crippen molar-refractivity contribution in [2.45, 2.75) is 13.8 Å². The van der Waals surface area contributed by atoms with Gasteiger partial charge in [0.2, 0.25) is 0 Å².